The summed E-state index contributed by atoms with van der Waals surface area (Å²) < 4.78 is 22.1. The molecule has 3 heterocycles. The molecule has 6 nitrogen and oxygen atoms in total. The Bertz CT molecular complexity index is 2080. The third kappa shape index (κ3) is 4.28. The Kier molecular flexibility index (Phi) is 5.94. The first-order chi connectivity index (χ1) is 19.9. The Morgan fingerprint density at radius 1 is 1.05 bits per heavy atom. The second-order valence-corrected chi connectivity index (χ2v) is 11.2. The van der Waals surface area contributed by atoms with E-state index in [9.17, 15) is 19.1 Å². The van der Waals surface area contributed by atoms with E-state index in [-0.39, 0.29) is 23.0 Å². The Morgan fingerprint density at radius 2 is 1.85 bits per heavy atom. The van der Waals surface area contributed by atoms with Crippen molar-refractivity contribution >= 4 is 29.1 Å². The van der Waals surface area contributed by atoms with Gasteiger partial charge in [0.1, 0.15) is 17.3 Å². The minimum atomic E-state index is -0.987. The van der Waals surface area contributed by atoms with Crippen LogP contribution in [0.1, 0.15) is 50.8 Å². The summed E-state index contributed by atoms with van der Waals surface area (Å²) in [5.41, 5.74) is 6.63. The highest BCUT2D eigenvalue weighted by Crippen LogP contribution is 2.41. The summed E-state index contributed by atoms with van der Waals surface area (Å²) in [6.07, 6.45) is 3.31. The number of hydrogen-bond acceptors (Lipinski definition) is 5. The maximum absolute atomic E-state index is 13.9. The first-order valence-corrected chi connectivity index (χ1v) is 14.0. The van der Waals surface area contributed by atoms with Crippen molar-refractivity contribution < 1.29 is 18.7 Å². The molecule has 1 aliphatic carbocycles. The fourth-order valence-corrected chi connectivity index (χ4v) is 6.73. The molecule has 0 radical (unpaired) electrons. The van der Waals surface area contributed by atoms with Crippen molar-refractivity contribution in [2.75, 3.05) is 0 Å². The second kappa shape index (κ2) is 9.67. The lowest BCUT2D eigenvalue weighted by Gasteiger charge is -2.30. The molecular weight excluding hydrogens is 539 g/mol. The van der Waals surface area contributed by atoms with E-state index < -0.39 is 5.97 Å². The number of carbonyl (C=O) groups is 1. The number of allylic oxidation sites excluding steroid dienone is 1. The number of nitrogens with zero attached hydrogens (tertiary/aromatic N) is 2. The molecule has 0 fully saturated rings. The quantitative estimate of drug-likeness (QED) is 0.304. The van der Waals surface area contributed by atoms with Crippen molar-refractivity contribution in [3.05, 3.63) is 144 Å². The number of carboxylic acid groups (broad SMARTS) is 1. The van der Waals surface area contributed by atoms with Gasteiger partial charge in [-0.2, -0.15) is 0 Å². The van der Waals surface area contributed by atoms with Gasteiger partial charge in [0.25, 0.3) is 5.56 Å². The number of fused-ring (bicyclic) bond motifs is 3. The lowest BCUT2D eigenvalue weighted by atomic mass is 9.83. The summed E-state index contributed by atoms with van der Waals surface area (Å²) in [7, 11) is 0. The molecule has 41 heavy (non-hydrogen) atoms. The van der Waals surface area contributed by atoms with Crippen LogP contribution in [-0.4, -0.2) is 15.6 Å². The number of carboxylic acids is 1. The molecule has 8 heteroatoms. The van der Waals surface area contributed by atoms with Gasteiger partial charge >= 0.3 is 5.97 Å². The molecule has 3 aromatic carbocycles. The van der Waals surface area contributed by atoms with E-state index in [1.807, 2.05) is 25.1 Å². The summed E-state index contributed by atoms with van der Waals surface area (Å²) in [4.78, 5) is 30.8. The zero-order chi connectivity index (χ0) is 28.2. The van der Waals surface area contributed by atoms with Crippen LogP contribution in [0.2, 0.25) is 0 Å². The number of halogens is 1. The van der Waals surface area contributed by atoms with Crippen molar-refractivity contribution in [1.82, 2.24) is 4.57 Å². The molecule has 2 aromatic heterocycles. The summed E-state index contributed by atoms with van der Waals surface area (Å²) in [6.45, 7) is 1.83. The van der Waals surface area contributed by atoms with Crippen molar-refractivity contribution in [2.24, 2.45) is 4.99 Å². The maximum atomic E-state index is 13.9. The molecule has 1 atom stereocenters. The number of aromatic carboxylic acids is 1. The first kappa shape index (κ1) is 25.2. The molecule has 0 saturated carbocycles. The van der Waals surface area contributed by atoms with Crippen LogP contribution in [0.5, 0.6) is 0 Å². The van der Waals surface area contributed by atoms with Gasteiger partial charge < -0.3 is 9.52 Å². The summed E-state index contributed by atoms with van der Waals surface area (Å²) in [5, 5.41) is 9.27. The van der Waals surface area contributed by atoms with Crippen LogP contribution in [0.25, 0.3) is 23.1 Å². The van der Waals surface area contributed by atoms with Gasteiger partial charge in [0.2, 0.25) is 0 Å². The van der Waals surface area contributed by atoms with Crippen molar-refractivity contribution in [3.63, 3.8) is 0 Å². The number of hydrogen-bond donors (Lipinski definition) is 1. The molecule has 0 spiro atoms. The van der Waals surface area contributed by atoms with Gasteiger partial charge in [-0.1, -0.05) is 53.8 Å². The third-order valence-corrected chi connectivity index (χ3v) is 8.68. The van der Waals surface area contributed by atoms with Crippen LogP contribution in [0, 0.1) is 12.7 Å². The lowest BCUT2D eigenvalue weighted by Crippen LogP contribution is -2.38. The SMILES string of the molecule is Cc1cc(C(=O)O)ccc1-c1ccc(C=c2sc3n(c2=O)[C@H](c2ccc(F)cc2)C2=C(N=3)c3ccccc3CC2)o1. The number of rotatable bonds is 4. The molecule has 1 aliphatic heterocycles. The number of thiazole rings is 1. The molecule has 7 rings (SSSR count). The highest BCUT2D eigenvalue weighted by Gasteiger charge is 2.32. The molecule has 0 saturated heterocycles. The van der Waals surface area contributed by atoms with Gasteiger partial charge in [-0.3, -0.25) is 9.36 Å². The van der Waals surface area contributed by atoms with E-state index in [0.717, 1.165) is 46.4 Å². The van der Waals surface area contributed by atoms with Gasteiger partial charge in [0.15, 0.2) is 4.80 Å². The van der Waals surface area contributed by atoms with Crippen LogP contribution in [-0.2, 0) is 6.42 Å². The molecule has 1 N–H and O–H groups in total. The zero-order valence-electron chi connectivity index (χ0n) is 21.9. The van der Waals surface area contributed by atoms with Crippen LogP contribution in [0.3, 0.4) is 0 Å². The molecule has 5 aromatic rings. The van der Waals surface area contributed by atoms with Crippen LogP contribution in [0.15, 0.2) is 98.6 Å². The van der Waals surface area contributed by atoms with E-state index in [1.165, 1.54) is 29.0 Å². The monoisotopic (exact) mass is 562 g/mol. The number of aryl methyl sites for hydroxylation is 2. The molecule has 0 amide bonds. The van der Waals surface area contributed by atoms with E-state index in [4.69, 9.17) is 9.41 Å². The standard InChI is InChI=1S/C33H23FN2O4S/c1-18-16-21(32(38)39)9-13-24(18)27-15-12-23(40-27)17-28-31(37)36-30(20-6-10-22(34)11-7-20)26-14-8-19-4-2-3-5-25(19)29(26)35-33(36)41-28/h2-7,9-13,15-17,30H,8,14H2,1H3,(H,38,39)/t30-/m1/s1. The van der Waals surface area contributed by atoms with Crippen LogP contribution in [0.4, 0.5) is 4.39 Å². The normalized spacial score (nSPS) is 16.1. The maximum Gasteiger partial charge on any atom is 0.335 e. The number of benzene rings is 3. The van der Waals surface area contributed by atoms with E-state index >= 15 is 0 Å². The zero-order valence-corrected chi connectivity index (χ0v) is 22.7. The van der Waals surface area contributed by atoms with Gasteiger partial charge in [-0.05, 0) is 78.4 Å². The van der Waals surface area contributed by atoms with E-state index in [2.05, 4.69) is 12.1 Å². The highest BCUT2D eigenvalue weighted by atomic mass is 32.1. The van der Waals surface area contributed by atoms with Crippen LogP contribution < -0.4 is 14.9 Å². The molecule has 2 aliphatic rings. The fourth-order valence-electron chi connectivity index (χ4n) is 5.74. The summed E-state index contributed by atoms with van der Waals surface area (Å²) in [5.74, 6) is -0.237. The van der Waals surface area contributed by atoms with Gasteiger partial charge in [-0.25, -0.2) is 14.2 Å². The predicted octanol–water partition coefficient (Wildman–Crippen LogP) is 5.72. The molecule has 0 unspecified atom stereocenters. The second-order valence-electron chi connectivity index (χ2n) is 10.2. The minimum Gasteiger partial charge on any atom is -0.478 e. The number of aromatic nitrogens is 1. The van der Waals surface area contributed by atoms with Crippen molar-refractivity contribution in [3.8, 4) is 11.3 Å². The first-order valence-electron chi connectivity index (χ1n) is 13.2. The Labute approximate surface area is 237 Å². The Morgan fingerprint density at radius 3 is 2.63 bits per heavy atom. The fraction of sp³-hybridized carbons (Fsp3) is 0.121. The Balaban J connectivity index is 1.36. The minimum absolute atomic E-state index is 0.187. The smallest absolute Gasteiger partial charge is 0.335 e. The largest absolute Gasteiger partial charge is 0.478 e. The van der Waals surface area contributed by atoms with E-state index in [0.29, 0.717) is 20.9 Å². The third-order valence-electron chi connectivity index (χ3n) is 7.70. The Hall–Kier alpha value is -4.82. The van der Waals surface area contributed by atoms with Crippen molar-refractivity contribution in [2.45, 2.75) is 25.8 Å². The van der Waals surface area contributed by atoms with Gasteiger partial charge in [0, 0.05) is 17.2 Å². The van der Waals surface area contributed by atoms with E-state index in [1.54, 1.807) is 47.0 Å². The summed E-state index contributed by atoms with van der Waals surface area (Å²) in [6, 6.07) is 22.6. The van der Waals surface area contributed by atoms with Crippen LogP contribution >= 0.6 is 11.3 Å². The average Bonchev–Trinajstić information content (AvgIpc) is 3.56. The lowest BCUT2D eigenvalue weighted by molar-refractivity contribution is 0.0696. The van der Waals surface area contributed by atoms with Crippen molar-refractivity contribution in [1.29, 1.82) is 0 Å². The molecule has 0 bridgehead atoms. The molecular formula is C33H23FN2O4S. The predicted molar refractivity (Wildman–Crippen MR) is 155 cm³/mol. The summed E-state index contributed by atoms with van der Waals surface area (Å²) >= 11 is 1.30. The van der Waals surface area contributed by atoms with Gasteiger partial charge in [0.05, 0.1) is 21.8 Å². The van der Waals surface area contributed by atoms with Gasteiger partial charge in [-0.15, -0.1) is 0 Å². The highest BCUT2D eigenvalue weighted by molar-refractivity contribution is 7.07. The topological polar surface area (TPSA) is 84.8 Å². The molecule has 202 valence electrons. The average molecular weight is 563 g/mol. The number of furan rings is 1.